The van der Waals surface area contributed by atoms with Gasteiger partial charge in [0.05, 0.1) is 6.42 Å². The van der Waals surface area contributed by atoms with E-state index in [1.807, 2.05) is 43.3 Å². The Morgan fingerprint density at radius 3 is 1.52 bits per heavy atom. The number of nitrogens with zero attached hydrogens (tertiary/aromatic N) is 2. The molecule has 2 aromatic rings. The normalized spacial score (nSPS) is 8.55. The van der Waals surface area contributed by atoms with E-state index >= 15 is 0 Å². The van der Waals surface area contributed by atoms with E-state index in [-0.39, 0.29) is 5.91 Å². The summed E-state index contributed by atoms with van der Waals surface area (Å²) >= 11 is 0. The van der Waals surface area contributed by atoms with Gasteiger partial charge in [-0.05, 0) is 24.0 Å². The topological polar surface area (TPSA) is 115 Å². The summed E-state index contributed by atoms with van der Waals surface area (Å²) in [4.78, 5) is 27.9. The third-order valence-electron chi connectivity index (χ3n) is 3.03. The van der Waals surface area contributed by atoms with E-state index < -0.39 is 9.85 Å². The number of carbonyl (C=O) groups is 1. The highest BCUT2D eigenvalue weighted by Gasteiger charge is 2.00. The zero-order valence-corrected chi connectivity index (χ0v) is 17.5. The maximum Gasteiger partial charge on any atom is 0.224 e. The summed E-state index contributed by atoms with van der Waals surface area (Å²) in [6, 6.07) is 20.2. The van der Waals surface area contributed by atoms with Crippen molar-refractivity contribution >= 4 is 5.91 Å². The SMILES string of the molecule is CCCNC(=O)Cc1ccccc1.CCc1ccccc1.C[N+](=O)[O-].C[N+](=O)[O-]. The minimum atomic E-state index is -0.500. The zero-order valence-electron chi connectivity index (χ0n) is 17.5. The van der Waals surface area contributed by atoms with E-state index in [1.54, 1.807) is 0 Å². The number of nitro groups is 2. The molecule has 160 valence electrons. The van der Waals surface area contributed by atoms with Gasteiger partial charge in [0, 0.05) is 16.4 Å². The highest BCUT2D eigenvalue weighted by Crippen LogP contribution is 1.99. The molecule has 0 aliphatic heterocycles. The van der Waals surface area contributed by atoms with Gasteiger partial charge in [0.15, 0.2) is 14.1 Å². The van der Waals surface area contributed by atoms with Crippen LogP contribution in [0.3, 0.4) is 0 Å². The molecule has 0 saturated carbocycles. The number of hydrogen-bond acceptors (Lipinski definition) is 5. The lowest BCUT2D eigenvalue weighted by Gasteiger charge is -2.02. The second kappa shape index (κ2) is 19.5. The van der Waals surface area contributed by atoms with E-state index in [4.69, 9.17) is 20.2 Å². The average molecular weight is 405 g/mol. The van der Waals surface area contributed by atoms with Crippen LogP contribution >= 0.6 is 0 Å². The van der Waals surface area contributed by atoms with E-state index in [9.17, 15) is 4.79 Å². The minimum Gasteiger partial charge on any atom is -0.356 e. The highest BCUT2D eigenvalue weighted by molar-refractivity contribution is 5.78. The van der Waals surface area contributed by atoms with Crippen LogP contribution in [0.1, 0.15) is 31.4 Å². The van der Waals surface area contributed by atoms with Crippen LogP contribution in [0.4, 0.5) is 0 Å². The second-order valence-electron chi connectivity index (χ2n) is 5.73. The van der Waals surface area contributed by atoms with Crippen LogP contribution in [0, 0.1) is 20.2 Å². The largest absolute Gasteiger partial charge is 0.356 e. The molecule has 0 saturated heterocycles. The van der Waals surface area contributed by atoms with Crippen molar-refractivity contribution in [2.24, 2.45) is 0 Å². The van der Waals surface area contributed by atoms with Gasteiger partial charge in [-0.15, -0.1) is 0 Å². The Labute approximate surface area is 172 Å². The van der Waals surface area contributed by atoms with Gasteiger partial charge in [0.2, 0.25) is 5.91 Å². The Bertz CT molecular complexity index is 659. The Morgan fingerprint density at radius 1 is 0.828 bits per heavy atom. The molecule has 0 aliphatic rings. The number of hydrogen-bond donors (Lipinski definition) is 1. The lowest BCUT2D eigenvalue weighted by Crippen LogP contribution is -2.25. The lowest BCUT2D eigenvalue weighted by molar-refractivity contribution is -0.445. The maximum atomic E-state index is 11.3. The molecule has 8 heteroatoms. The molecule has 0 radical (unpaired) electrons. The van der Waals surface area contributed by atoms with Crippen molar-refractivity contribution in [1.29, 1.82) is 0 Å². The summed E-state index contributed by atoms with van der Waals surface area (Å²) in [5.74, 6) is 0.105. The first-order valence-electron chi connectivity index (χ1n) is 9.23. The van der Waals surface area contributed by atoms with Crippen LogP contribution < -0.4 is 5.32 Å². The lowest BCUT2D eigenvalue weighted by atomic mass is 10.1. The molecular formula is C21H31N3O5. The summed E-state index contributed by atoms with van der Waals surface area (Å²) in [6.45, 7) is 4.98. The van der Waals surface area contributed by atoms with Gasteiger partial charge in [-0.25, -0.2) is 0 Å². The summed E-state index contributed by atoms with van der Waals surface area (Å²) in [6.07, 6.45) is 2.61. The molecule has 0 heterocycles. The van der Waals surface area contributed by atoms with Gasteiger partial charge >= 0.3 is 0 Å². The second-order valence-corrected chi connectivity index (χ2v) is 5.73. The Hall–Kier alpha value is -3.29. The number of amides is 1. The van der Waals surface area contributed by atoms with Crippen LogP contribution in [0.5, 0.6) is 0 Å². The molecule has 0 atom stereocenters. The third kappa shape index (κ3) is 24.7. The summed E-state index contributed by atoms with van der Waals surface area (Å²) in [5, 5.41) is 20.5. The molecule has 0 aliphatic carbocycles. The number of carbonyl (C=O) groups excluding carboxylic acids is 1. The van der Waals surface area contributed by atoms with Crippen molar-refractivity contribution in [3.05, 3.63) is 92.0 Å². The Morgan fingerprint density at radius 2 is 1.21 bits per heavy atom. The van der Waals surface area contributed by atoms with E-state index in [2.05, 4.69) is 36.5 Å². The van der Waals surface area contributed by atoms with Crippen molar-refractivity contribution < 1.29 is 14.6 Å². The molecule has 0 unspecified atom stereocenters. The van der Waals surface area contributed by atoms with Crippen LogP contribution in [0.25, 0.3) is 0 Å². The van der Waals surface area contributed by atoms with E-state index in [1.165, 1.54) is 5.56 Å². The van der Waals surface area contributed by atoms with Crippen molar-refractivity contribution in [2.75, 3.05) is 20.6 Å². The van der Waals surface area contributed by atoms with Crippen LogP contribution in [0.2, 0.25) is 0 Å². The third-order valence-corrected chi connectivity index (χ3v) is 3.03. The summed E-state index contributed by atoms with van der Waals surface area (Å²) in [7, 11) is 1.78. The van der Waals surface area contributed by atoms with Gasteiger partial charge < -0.3 is 5.32 Å². The first-order valence-corrected chi connectivity index (χ1v) is 9.23. The van der Waals surface area contributed by atoms with Gasteiger partial charge in [0.1, 0.15) is 0 Å². The fourth-order valence-corrected chi connectivity index (χ4v) is 1.82. The number of nitrogens with one attached hydrogen (secondary N) is 1. The van der Waals surface area contributed by atoms with Crippen molar-refractivity contribution in [3.63, 3.8) is 0 Å². The number of aryl methyl sites for hydroxylation is 1. The Kier molecular flexibility index (Phi) is 18.7. The standard InChI is InChI=1S/C11H15NO.C8H10.2CH3NO2/c1-2-8-12-11(13)9-10-6-4-3-5-7-10;1-2-8-6-4-3-5-7-8;2*1-2(3)4/h3-7H,2,8-9H2,1H3,(H,12,13);3-7H,2H2,1H3;2*1H3. The van der Waals surface area contributed by atoms with Crippen molar-refractivity contribution in [2.45, 2.75) is 33.1 Å². The zero-order chi connectivity index (χ0) is 22.5. The molecule has 29 heavy (non-hydrogen) atoms. The molecule has 1 N–H and O–H groups in total. The molecular weight excluding hydrogens is 374 g/mol. The fraction of sp³-hybridized carbons (Fsp3) is 0.381. The van der Waals surface area contributed by atoms with Gasteiger partial charge in [-0.2, -0.15) is 0 Å². The van der Waals surface area contributed by atoms with Gasteiger partial charge in [-0.3, -0.25) is 25.0 Å². The highest BCUT2D eigenvalue weighted by atomic mass is 16.6. The molecule has 8 nitrogen and oxygen atoms in total. The smallest absolute Gasteiger partial charge is 0.224 e. The quantitative estimate of drug-likeness (QED) is 0.600. The number of benzene rings is 2. The predicted molar refractivity (Wildman–Crippen MR) is 115 cm³/mol. The van der Waals surface area contributed by atoms with Crippen LogP contribution in [-0.4, -0.2) is 36.4 Å². The van der Waals surface area contributed by atoms with Gasteiger partial charge in [-0.1, -0.05) is 74.5 Å². The maximum absolute atomic E-state index is 11.3. The van der Waals surface area contributed by atoms with Crippen molar-refractivity contribution in [1.82, 2.24) is 5.32 Å². The van der Waals surface area contributed by atoms with Crippen LogP contribution in [-0.2, 0) is 17.6 Å². The molecule has 0 spiro atoms. The number of rotatable bonds is 5. The van der Waals surface area contributed by atoms with E-state index in [0.717, 1.165) is 39.0 Å². The monoisotopic (exact) mass is 405 g/mol. The molecule has 0 aromatic heterocycles. The van der Waals surface area contributed by atoms with Gasteiger partial charge in [0.25, 0.3) is 0 Å². The van der Waals surface area contributed by atoms with Crippen molar-refractivity contribution in [3.8, 4) is 0 Å². The molecule has 2 aromatic carbocycles. The first-order chi connectivity index (χ1) is 13.7. The van der Waals surface area contributed by atoms with Crippen LogP contribution in [0.15, 0.2) is 60.7 Å². The molecule has 0 fully saturated rings. The predicted octanol–water partition coefficient (Wildman–Crippen LogP) is 3.79. The average Bonchev–Trinajstić information content (AvgIpc) is 2.67. The molecule has 1 amide bonds. The molecule has 0 bridgehead atoms. The summed E-state index contributed by atoms with van der Waals surface area (Å²) < 4.78 is 0. The van der Waals surface area contributed by atoms with E-state index in [0.29, 0.717) is 6.42 Å². The fourth-order valence-electron chi connectivity index (χ4n) is 1.82. The first kappa shape index (κ1) is 27.9. The Balaban J connectivity index is 0. The summed E-state index contributed by atoms with van der Waals surface area (Å²) in [5.41, 5.74) is 2.48. The molecule has 2 rings (SSSR count). The minimum absolute atomic E-state index is 0.105.